The van der Waals surface area contributed by atoms with Crippen molar-refractivity contribution in [2.75, 3.05) is 5.32 Å². The van der Waals surface area contributed by atoms with Gasteiger partial charge in [-0.25, -0.2) is 0 Å². The molecule has 2 rings (SSSR count). The molecule has 0 saturated carbocycles. The molecule has 2 nitrogen and oxygen atoms in total. The van der Waals surface area contributed by atoms with Crippen LogP contribution in [0.4, 0.5) is 5.69 Å². The summed E-state index contributed by atoms with van der Waals surface area (Å²) in [6.45, 7) is 2.55. The Hall–Kier alpha value is -0.770. The molecule has 0 spiro atoms. The zero-order chi connectivity index (χ0) is 13.1. The second-order valence-corrected chi connectivity index (χ2v) is 5.60. The lowest BCUT2D eigenvalue weighted by Gasteiger charge is -2.11. The summed E-state index contributed by atoms with van der Waals surface area (Å²) in [5.41, 5.74) is 2.66. The number of pyridine rings is 1. The minimum Gasteiger partial charge on any atom is -0.377 e. The molecule has 94 valence electrons. The first-order valence-electron chi connectivity index (χ1n) is 5.37. The average Bonchev–Trinajstić information content (AvgIpc) is 2.27. The summed E-state index contributed by atoms with van der Waals surface area (Å²) in [6.07, 6.45) is 0. The number of benzene rings is 1. The van der Waals surface area contributed by atoms with Gasteiger partial charge in [-0.15, -0.1) is 0 Å². The molecular weight excluding hydrogens is 335 g/mol. The lowest BCUT2D eigenvalue weighted by Crippen LogP contribution is -2.03. The Balaban J connectivity index is 2.16. The molecule has 0 unspecified atom stereocenters. The van der Waals surface area contributed by atoms with Crippen molar-refractivity contribution >= 4 is 44.8 Å². The standard InChI is InChI=1S/C13H11BrCl2N2/c1-8-3-2-4-10(18-8)7-17-13-11(15)5-9(14)6-12(13)16/h2-6,17H,7H2,1H3. The highest BCUT2D eigenvalue weighted by Crippen LogP contribution is 2.33. The molecule has 1 aromatic carbocycles. The quantitative estimate of drug-likeness (QED) is 0.839. The third-order valence-electron chi connectivity index (χ3n) is 2.40. The van der Waals surface area contributed by atoms with Crippen LogP contribution in [0, 0.1) is 6.92 Å². The van der Waals surface area contributed by atoms with Crippen molar-refractivity contribution in [1.82, 2.24) is 4.98 Å². The van der Waals surface area contributed by atoms with E-state index in [4.69, 9.17) is 23.2 Å². The molecule has 1 N–H and O–H groups in total. The highest BCUT2D eigenvalue weighted by molar-refractivity contribution is 9.10. The normalized spacial score (nSPS) is 10.4. The molecule has 0 aliphatic carbocycles. The molecule has 0 aliphatic rings. The van der Waals surface area contributed by atoms with Crippen LogP contribution < -0.4 is 5.32 Å². The van der Waals surface area contributed by atoms with E-state index in [1.165, 1.54) is 0 Å². The summed E-state index contributed by atoms with van der Waals surface area (Å²) in [5.74, 6) is 0. The van der Waals surface area contributed by atoms with E-state index in [0.717, 1.165) is 21.5 Å². The third-order valence-corrected chi connectivity index (χ3v) is 3.45. The van der Waals surface area contributed by atoms with E-state index in [0.29, 0.717) is 16.6 Å². The molecule has 18 heavy (non-hydrogen) atoms. The predicted octanol–water partition coefficient (Wildman–Crippen LogP) is 5.07. The van der Waals surface area contributed by atoms with E-state index in [-0.39, 0.29) is 0 Å². The van der Waals surface area contributed by atoms with Crippen molar-refractivity contribution in [2.45, 2.75) is 13.5 Å². The maximum atomic E-state index is 6.13. The average molecular weight is 346 g/mol. The van der Waals surface area contributed by atoms with Crippen LogP contribution in [0.15, 0.2) is 34.8 Å². The number of nitrogens with one attached hydrogen (secondary N) is 1. The van der Waals surface area contributed by atoms with Crippen molar-refractivity contribution in [2.24, 2.45) is 0 Å². The van der Waals surface area contributed by atoms with E-state index in [9.17, 15) is 0 Å². The van der Waals surface area contributed by atoms with Gasteiger partial charge in [-0.3, -0.25) is 4.98 Å². The van der Waals surface area contributed by atoms with Crippen LogP contribution in [-0.2, 0) is 6.54 Å². The molecule has 1 aromatic heterocycles. The molecule has 0 bridgehead atoms. The van der Waals surface area contributed by atoms with E-state index in [2.05, 4.69) is 26.2 Å². The fourth-order valence-electron chi connectivity index (χ4n) is 1.59. The molecule has 0 atom stereocenters. The summed E-state index contributed by atoms with van der Waals surface area (Å²) in [4.78, 5) is 4.41. The van der Waals surface area contributed by atoms with Gasteiger partial charge in [-0.05, 0) is 31.2 Å². The van der Waals surface area contributed by atoms with Gasteiger partial charge in [0.05, 0.1) is 28.0 Å². The lowest BCUT2D eigenvalue weighted by molar-refractivity contribution is 1.02. The number of rotatable bonds is 3. The summed E-state index contributed by atoms with van der Waals surface area (Å²) in [6, 6.07) is 9.51. The molecule has 0 radical (unpaired) electrons. The summed E-state index contributed by atoms with van der Waals surface area (Å²) in [5, 5.41) is 4.38. The largest absolute Gasteiger partial charge is 0.377 e. The molecule has 5 heteroatoms. The zero-order valence-corrected chi connectivity index (χ0v) is 12.8. The van der Waals surface area contributed by atoms with Crippen LogP contribution in [0.5, 0.6) is 0 Å². The van der Waals surface area contributed by atoms with Gasteiger partial charge in [0.25, 0.3) is 0 Å². The van der Waals surface area contributed by atoms with Crippen molar-refractivity contribution in [3.8, 4) is 0 Å². The highest BCUT2D eigenvalue weighted by Gasteiger charge is 2.07. The molecule has 2 aromatic rings. The van der Waals surface area contributed by atoms with Crippen molar-refractivity contribution in [3.63, 3.8) is 0 Å². The van der Waals surface area contributed by atoms with Gasteiger partial charge < -0.3 is 5.32 Å². The van der Waals surface area contributed by atoms with Crippen LogP contribution in [0.2, 0.25) is 10.0 Å². The maximum absolute atomic E-state index is 6.13. The number of nitrogens with zero attached hydrogens (tertiary/aromatic N) is 1. The Morgan fingerprint density at radius 3 is 2.50 bits per heavy atom. The first-order valence-corrected chi connectivity index (χ1v) is 6.92. The minimum atomic E-state index is 0.585. The van der Waals surface area contributed by atoms with Gasteiger partial charge in [-0.2, -0.15) is 0 Å². The monoisotopic (exact) mass is 344 g/mol. The Bertz CT molecular complexity index is 550. The number of anilines is 1. The topological polar surface area (TPSA) is 24.9 Å². The van der Waals surface area contributed by atoms with Crippen LogP contribution >= 0.6 is 39.1 Å². The highest BCUT2D eigenvalue weighted by atomic mass is 79.9. The number of aromatic nitrogens is 1. The molecule has 0 fully saturated rings. The summed E-state index contributed by atoms with van der Waals surface area (Å²) in [7, 11) is 0. The van der Waals surface area contributed by atoms with Crippen LogP contribution in [0.25, 0.3) is 0 Å². The predicted molar refractivity (Wildman–Crippen MR) is 80.5 cm³/mol. The van der Waals surface area contributed by atoms with Crippen LogP contribution in [-0.4, -0.2) is 4.98 Å². The van der Waals surface area contributed by atoms with Gasteiger partial charge in [0, 0.05) is 10.2 Å². The Morgan fingerprint density at radius 2 is 1.89 bits per heavy atom. The van der Waals surface area contributed by atoms with Gasteiger partial charge in [0.15, 0.2) is 0 Å². The number of halogens is 3. The van der Waals surface area contributed by atoms with Crippen molar-refractivity contribution in [1.29, 1.82) is 0 Å². The zero-order valence-electron chi connectivity index (χ0n) is 9.67. The number of hydrogen-bond donors (Lipinski definition) is 1. The maximum Gasteiger partial charge on any atom is 0.0722 e. The molecule has 0 amide bonds. The second kappa shape index (κ2) is 5.91. The van der Waals surface area contributed by atoms with Crippen molar-refractivity contribution in [3.05, 3.63) is 56.2 Å². The first kappa shape index (κ1) is 13.7. The molecule has 1 heterocycles. The lowest BCUT2D eigenvalue weighted by atomic mass is 10.3. The fraction of sp³-hybridized carbons (Fsp3) is 0.154. The van der Waals surface area contributed by atoms with Gasteiger partial charge in [0.1, 0.15) is 0 Å². The fourth-order valence-corrected chi connectivity index (χ4v) is 2.93. The van der Waals surface area contributed by atoms with Gasteiger partial charge in [0.2, 0.25) is 0 Å². The Kier molecular flexibility index (Phi) is 4.49. The minimum absolute atomic E-state index is 0.585. The Morgan fingerprint density at radius 1 is 1.22 bits per heavy atom. The molecule has 0 aliphatic heterocycles. The molecular formula is C13H11BrCl2N2. The van der Waals surface area contributed by atoms with E-state index < -0.39 is 0 Å². The number of hydrogen-bond acceptors (Lipinski definition) is 2. The third kappa shape index (κ3) is 3.37. The second-order valence-electron chi connectivity index (χ2n) is 3.87. The van der Waals surface area contributed by atoms with E-state index >= 15 is 0 Å². The number of aryl methyl sites for hydroxylation is 1. The van der Waals surface area contributed by atoms with Gasteiger partial charge in [-0.1, -0.05) is 45.2 Å². The van der Waals surface area contributed by atoms with E-state index in [1.807, 2.05) is 25.1 Å². The SMILES string of the molecule is Cc1cccc(CNc2c(Cl)cc(Br)cc2Cl)n1. The van der Waals surface area contributed by atoms with Crippen LogP contribution in [0.3, 0.4) is 0 Å². The van der Waals surface area contributed by atoms with E-state index in [1.54, 1.807) is 12.1 Å². The first-order chi connectivity index (χ1) is 8.56. The smallest absolute Gasteiger partial charge is 0.0722 e. The molecule has 0 saturated heterocycles. The Labute approximate surface area is 124 Å². The summed E-state index contributed by atoms with van der Waals surface area (Å²) >= 11 is 15.6. The van der Waals surface area contributed by atoms with Crippen molar-refractivity contribution < 1.29 is 0 Å². The van der Waals surface area contributed by atoms with Gasteiger partial charge >= 0.3 is 0 Å². The van der Waals surface area contributed by atoms with Crippen LogP contribution in [0.1, 0.15) is 11.4 Å². The summed E-state index contributed by atoms with van der Waals surface area (Å²) < 4.78 is 0.858.